The van der Waals surface area contributed by atoms with E-state index in [1.165, 1.54) is 11.3 Å². The highest BCUT2D eigenvalue weighted by Crippen LogP contribution is 2.31. The summed E-state index contributed by atoms with van der Waals surface area (Å²) in [6, 6.07) is 10.0. The SMILES string of the molecule is Cc1nc(-c2ccccc2)sc1NC(=O)N1CCCC1. The molecule has 2 heterocycles. The summed E-state index contributed by atoms with van der Waals surface area (Å²) in [5.41, 5.74) is 1.96. The Bertz CT molecular complexity index is 603. The van der Waals surface area contributed by atoms with Gasteiger partial charge in [-0.2, -0.15) is 0 Å². The van der Waals surface area contributed by atoms with Crippen LogP contribution in [0.3, 0.4) is 0 Å². The molecule has 104 valence electrons. The van der Waals surface area contributed by atoms with Crippen molar-refractivity contribution < 1.29 is 4.79 Å². The fraction of sp³-hybridized carbons (Fsp3) is 0.333. The van der Waals surface area contributed by atoms with Gasteiger partial charge in [0.1, 0.15) is 10.0 Å². The number of benzene rings is 1. The molecule has 2 amide bonds. The number of aryl methyl sites for hydroxylation is 1. The Morgan fingerprint density at radius 2 is 1.95 bits per heavy atom. The van der Waals surface area contributed by atoms with Crippen LogP contribution in [-0.4, -0.2) is 29.0 Å². The molecule has 0 atom stereocenters. The van der Waals surface area contributed by atoms with Crippen LogP contribution >= 0.6 is 11.3 Å². The van der Waals surface area contributed by atoms with Crippen molar-refractivity contribution in [1.82, 2.24) is 9.88 Å². The number of nitrogens with one attached hydrogen (secondary N) is 1. The van der Waals surface area contributed by atoms with Crippen LogP contribution in [0.15, 0.2) is 30.3 Å². The number of likely N-dealkylation sites (tertiary alicyclic amines) is 1. The van der Waals surface area contributed by atoms with Gasteiger partial charge in [-0.15, -0.1) is 0 Å². The standard InChI is InChI=1S/C15H17N3OS/c1-11-13(17-15(19)18-9-5-6-10-18)20-14(16-11)12-7-3-2-4-8-12/h2-4,7-8H,5-6,9-10H2,1H3,(H,17,19). The maximum absolute atomic E-state index is 12.1. The van der Waals surface area contributed by atoms with Crippen LogP contribution in [0.25, 0.3) is 10.6 Å². The molecule has 3 rings (SSSR count). The lowest BCUT2D eigenvalue weighted by molar-refractivity contribution is 0.222. The molecule has 0 saturated carbocycles. The number of carbonyl (C=O) groups is 1. The molecule has 1 fully saturated rings. The molecular formula is C15H17N3OS. The van der Waals surface area contributed by atoms with Gasteiger partial charge in [0.2, 0.25) is 0 Å². The van der Waals surface area contributed by atoms with Crippen molar-refractivity contribution in [2.75, 3.05) is 18.4 Å². The number of rotatable bonds is 2. The minimum atomic E-state index is -0.00568. The number of hydrogen-bond acceptors (Lipinski definition) is 3. The van der Waals surface area contributed by atoms with Crippen molar-refractivity contribution >= 4 is 22.4 Å². The summed E-state index contributed by atoms with van der Waals surface area (Å²) >= 11 is 1.53. The van der Waals surface area contributed by atoms with E-state index < -0.39 is 0 Å². The quantitative estimate of drug-likeness (QED) is 0.914. The van der Waals surface area contributed by atoms with Crippen molar-refractivity contribution in [3.63, 3.8) is 0 Å². The lowest BCUT2D eigenvalue weighted by Crippen LogP contribution is -2.32. The van der Waals surface area contributed by atoms with Gasteiger partial charge in [0.25, 0.3) is 0 Å². The van der Waals surface area contributed by atoms with Crippen LogP contribution in [0.4, 0.5) is 9.80 Å². The van der Waals surface area contributed by atoms with E-state index in [1.54, 1.807) is 0 Å². The molecular weight excluding hydrogens is 270 g/mol. The molecule has 1 aromatic carbocycles. The van der Waals surface area contributed by atoms with Crippen LogP contribution in [0, 0.1) is 6.92 Å². The lowest BCUT2D eigenvalue weighted by atomic mass is 10.2. The van der Waals surface area contributed by atoms with E-state index in [0.717, 1.165) is 47.2 Å². The molecule has 5 heteroatoms. The first kappa shape index (κ1) is 13.1. The van der Waals surface area contributed by atoms with Crippen LogP contribution < -0.4 is 5.32 Å². The van der Waals surface area contributed by atoms with E-state index in [4.69, 9.17) is 0 Å². The third-order valence-corrected chi connectivity index (χ3v) is 4.55. The molecule has 0 aliphatic carbocycles. The van der Waals surface area contributed by atoms with Gasteiger partial charge in [0, 0.05) is 18.7 Å². The number of aromatic nitrogens is 1. The first-order chi connectivity index (χ1) is 9.74. The zero-order valence-electron chi connectivity index (χ0n) is 11.4. The number of nitrogens with zero attached hydrogens (tertiary/aromatic N) is 2. The van der Waals surface area contributed by atoms with E-state index in [1.807, 2.05) is 42.2 Å². The predicted molar refractivity (Wildman–Crippen MR) is 82.1 cm³/mol. The second kappa shape index (κ2) is 5.63. The van der Waals surface area contributed by atoms with Gasteiger partial charge in [0.15, 0.2) is 0 Å². The summed E-state index contributed by atoms with van der Waals surface area (Å²) in [4.78, 5) is 18.5. The molecule has 1 aliphatic heterocycles. The van der Waals surface area contributed by atoms with Gasteiger partial charge in [-0.3, -0.25) is 5.32 Å². The summed E-state index contributed by atoms with van der Waals surface area (Å²) < 4.78 is 0. The third-order valence-electron chi connectivity index (χ3n) is 3.43. The van der Waals surface area contributed by atoms with Crippen molar-refractivity contribution in [1.29, 1.82) is 0 Å². The topological polar surface area (TPSA) is 45.2 Å². The van der Waals surface area contributed by atoms with Crippen molar-refractivity contribution in [3.05, 3.63) is 36.0 Å². The second-order valence-electron chi connectivity index (χ2n) is 4.92. The van der Waals surface area contributed by atoms with Crippen molar-refractivity contribution in [3.8, 4) is 10.6 Å². The second-order valence-corrected chi connectivity index (χ2v) is 5.92. The van der Waals surface area contributed by atoms with E-state index in [9.17, 15) is 4.79 Å². The Morgan fingerprint density at radius 3 is 2.65 bits per heavy atom. The molecule has 20 heavy (non-hydrogen) atoms. The third kappa shape index (κ3) is 2.67. The Hall–Kier alpha value is -1.88. The van der Waals surface area contributed by atoms with Crippen molar-refractivity contribution in [2.24, 2.45) is 0 Å². The normalized spacial score (nSPS) is 14.6. The van der Waals surface area contributed by atoms with E-state index in [-0.39, 0.29) is 6.03 Å². The first-order valence-corrected chi connectivity index (χ1v) is 7.64. The van der Waals surface area contributed by atoms with Gasteiger partial charge in [-0.05, 0) is 19.8 Å². The van der Waals surface area contributed by atoms with E-state index in [0.29, 0.717) is 0 Å². The molecule has 0 unspecified atom stereocenters. The minimum Gasteiger partial charge on any atom is -0.325 e. The average Bonchev–Trinajstić information content (AvgIpc) is 3.10. The van der Waals surface area contributed by atoms with Gasteiger partial charge >= 0.3 is 6.03 Å². The first-order valence-electron chi connectivity index (χ1n) is 6.83. The van der Waals surface area contributed by atoms with E-state index >= 15 is 0 Å². The van der Waals surface area contributed by atoms with E-state index in [2.05, 4.69) is 10.3 Å². The highest BCUT2D eigenvalue weighted by atomic mass is 32.1. The van der Waals surface area contributed by atoms with Crippen LogP contribution in [-0.2, 0) is 0 Å². The Morgan fingerprint density at radius 1 is 1.25 bits per heavy atom. The van der Waals surface area contributed by atoms with Crippen LogP contribution in [0.5, 0.6) is 0 Å². The fourth-order valence-corrected chi connectivity index (χ4v) is 3.27. The number of urea groups is 1. The van der Waals surface area contributed by atoms with Gasteiger partial charge in [-0.25, -0.2) is 9.78 Å². The Labute approximate surface area is 122 Å². The Kier molecular flexibility index (Phi) is 3.69. The maximum atomic E-state index is 12.1. The summed E-state index contributed by atoms with van der Waals surface area (Å²) in [6.07, 6.45) is 2.20. The summed E-state index contributed by atoms with van der Waals surface area (Å²) in [7, 11) is 0. The molecule has 0 bridgehead atoms. The monoisotopic (exact) mass is 287 g/mol. The maximum Gasteiger partial charge on any atom is 0.322 e. The molecule has 0 spiro atoms. The highest BCUT2D eigenvalue weighted by Gasteiger charge is 2.19. The summed E-state index contributed by atoms with van der Waals surface area (Å²) in [5.74, 6) is 0. The molecule has 4 nitrogen and oxygen atoms in total. The molecule has 2 aromatic rings. The van der Waals surface area contributed by atoms with Crippen LogP contribution in [0.2, 0.25) is 0 Å². The molecule has 1 saturated heterocycles. The van der Waals surface area contributed by atoms with Crippen LogP contribution in [0.1, 0.15) is 18.5 Å². The fourth-order valence-electron chi connectivity index (χ4n) is 2.31. The summed E-state index contributed by atoms with van der Waals surface area (Å²) in [6.45, 7) is 3.65. The van der Waals surface area contributed by atoms with Gasteiger partial charge in [-0.1, -0.05) is 41.7 Å². The number of amides is 2. The minimum absolute atomic E-state index is 0.00568. The predicted octanol–water partition coefficient (Wildman–Crippen LogP) is 3.75. The average molecular weight is 287 g/mol. The molecule has 1 aromatic heterocycles. The molecule has 1 aliphatic rings. The smallest absolute Gasteiger partial charge is 0.322 e. The molecule has 1 N–H and O–H groups in total. The summed E-state index contributed by atoms with van der Waals surface area (Å²) in [5, 5.41) is 4.78. The highest BCUT2D eigenvalue weighted by molar-refractivity contribution is 7.19. The molecule has 0 radical (unpaired) electrons. The zero-order valence-corrected chi connectivity index (χ0v) is 12.2. The zero-order chi connectivity index (χ0) is 13.9. The number of hydrogen-bond donors (Lipinski definition) is 1. The van der Waals surface area contributed by atoms with Crippen molar-refractivity contribution in [2.45, 2.75) is 19.8 Å². The van der Waals surface area contributed by atoms with Gasteiger partial charge < -0.3 is 4.90 Å². The number of thiazole rings is 1. The van der Waals surface area contributed by atoms with Gasteiger partial charge in [0.05, 0.1) is 5.69 Å². The number of carbonyl (C=O) groups excluding carboxylic acids is 1. The Balaban J connectivity index is 1.77. The largest absolute Gasteiger partial charge is 0.325 e. The lowest BCUT2D eigenvalue weighted by Gasteiger charge is -2.15. The number of anilines is 1.